The number of imidazole rings is 1. The third-order valence-corrected chi connectivity index (χ3v) is 4.72. The van der Waals surface area contributed by atoms with Gasteiger partial charge in [-0.25, -0.2) is 4.98 Å². The number of carbonyl (C=O) groups excluding carboxylic acids is 1. The minimum absolute atomic E-state index is 0.0976. The zero-order valence-corrected chi connectivity index (χ0v) is 14.2. The molecule has 1 aliphatic rings. The number of aryl methyl sites for hydroxylation is 2. The minimum Gasteiger partial charge on any atom is -0.451 e. The molecule has 1 atom stereocenters. The number of rotatable bonds is 2. The van der Waals surface area contributed by atoms with Crippen molar-refractivity contribution in [3.8, 4) is 0 Å². The summed E-state index contributed by atoms with van der Waals surface area (Å²) in [6.07, 6.45) is 2.84. The molecule has 3 aromatic rings. The number of fused-ring (bicyclic) bond motifs is 1. The molecule has 0 aliphatic carbocycles. The largest absolute Gasteiger partial charge is 0.451 e. The summed E-state index contributed by atoms with van der Waals surface area (Å²) in [7, 11) is 1.97. The van der Waals surface area contributed by atoms with E-state index in [4.69, 9.17) is 4.42 Å². The fourth-order valence-electron chi connectivity index (χ4n) is 3.53. The van der Waals surface area contributed by atoms with Crippen LogP contribution in [-0.2, 0) is 7.05 Å². The smallest absolute Gasteiger partial charge is 0.289 e. The zero-order chi connectivity index (χ0) is 17.6. The normalized spacial score (nSPS) is 17.4. The molecule has 1 saturated heterocycles. The summed E-state index contributed by atoms with van der Waals surface area (Å²) in [5.41, 5.74) is 1.22. The molecule has 1 unspecified atom stereocenters. The molecule has 3 heterocycles. The number of benzene rings is 1. The Hall–Kier alpha value is -2.89. The van der Waals surface area contributed by atoms with Gasteiger partial charge < -0.3 is 13.9 Å². The second-order valence-corrected chi connectivity index (χ2v) is 6.56. The van der Waals surface area contributed by atoms with E-state index in [-0.39, 0.29) is 23.0 Å². The monoisotopic (exact) mass is 337 g/mol. The van der Waals surface area contributed by atoms with Gasteiger partial charge in [0.25, 0.3) is 5.91 Å². The maximum atomic E-state index is 12.8. The van der Waals surface area contributed by atoms with Crippen molar-refractivity contribution < 1.29 is 9.21 Å². The highest BCUT2D eigenvalue weighted by atomic mass is 16.3. The number of likely N-dealkylation sites (tertiary alicyclic amines) is 1. The van der Waals surface area contributed by atoms with E-state index in [2.05, 4.69) is 4.98 Å². The molecule has 0 saturated carbocycles. The lowest BCUT2D eigenvalue weighted by Gasteiger charge is -2.16. The van der Waals surface area contributed by atoms with Crippen LogP contribution in [0.5, 0.6) is 0 Å². The predicted octanol–water partition coefficient (Wildman–Crippen LogP) is 2.46. The first kappa shape index (κ1) is 15.6. The van der Waals surface area contributed by atoms with Gasteiger partial charge in [0, 0.05) is 38.3 Å². The second-order valence-electron chi connectivity index (χ2n) is 6.56. The summed E-state index contributed by atoms with van der Waals surface area (Å²) < 4.78 is 7.69. The molecule has 4 rings (SSSR count). The number of para-hydroxylation sites is 1. The van der Waals surface area contributed by atoms with Gasteiger partial charge in [-0.3, -0.25) is 9.59 Å². The molecule has 6 nitrogen and oxygen atoms in total. The highest BCUT2D eigenvalue weighted by Crippen LogP contribution is 2.27. The molecular weight excluding hydrogens is 318 g/mol. The van der Waals surface area contributed by atoms with Crippen molar-refractivity contribution >= 4 is 16.9 Å². The first-order valence-electron chi connectivity index (χ1n) is 8.35. The summed E-state index contributed by atoms with van der Waals surface area (Å²) in [6.45, 7) is 3.18. The molecule has 25 heavy (non-hydrogen) atoms. The zero-order valence-electron chi connectivity index (χ0n) is 14.2. The molecular formula is C19H19N3O3. The summed E-state index contributed by atoms with van der Waals surface area (Å²) in [5.74, 6) is 1.05. The van der Waals surface area contributed by atoms with Crippen LogP contribution in [0.4, 0.5) is 0 Å². The molecule has 128 valence electrons. The average Bonchev–Trinajstić information content (AvgIpc) is 3.20. The maximum absolute atomic E-state index is 12.8. The van der Waals surface area contributed by atoms with Crippen LogP contribution < -0.4 is 5.43 Å². The van der Waals surface area contributed by atoms with Crippen molar-refractivity contribution in [3.63, 3.8) is 0 Å². The Morgan fingerprint density at radius 2 is 2.12 bits per heavy atom. The van der Waals surface area contributed by atoms with Crippen LogP contribution >= 0.6 is 0 Å². The molecule has 0 bridgehead atoms. The Bertz CT molecular complexity index is 1020. The third-order valence-electron chi connectivity index (χ3n) is 4.72. The Morgan fingerprint density at radius 1 is 1.32 bits per heavy atom. The van der Waals surface area contributed by atoms with E-state index in [1.54, 1.807) is 29.2 Å². The van der Waals surface area contributed by atoms with Crippen molar-refractivity contribution in [2.45, 2.75) is 19.3 Å². The highest BCUT2D eigenvalue weighted by Gasteiger charge is 2.31. The first-order valence-corrected chi connectivity index (χ1v) is 8.35. The second kappa shape index (κ2) is 5.88. The van der Waals surface area contributed by atoms with Gasteiger partial charge in [0.15, 0.2) is 11.2 Å². The first-order chi connectivity index (χ1) is 12.0. The van der Waals surface area contributed by atoms with E-state index in [0.29, 0.717) is 24.1 Å². The average molecular weight is 337 g/mol. The van der Waals surface area contributed by atoms with Crippen LogP contribution in [0.3, 0.4) is 0 Å². The van der Waals surface area contributed by atoms with Crippen LogP contribution in [0.25, 0.3) is 11.0 Å². The van der Waals surface area contributed by atoms with E-state index in [9.17, 15) is 9.59 Å². The molecule has 1 aromatic carbocycles. The van der Waals surface area contributed by atoms with Gasteiger partial charge in [0.05, 0.1) is 11.1 Å². The van der Waals surface area contributed by atoms with Crippen LogP contribution in [0.15, 0.2) is 45.7 Å². The lowest BCUT2D eigenvalue weighted by Crippen LogP contribution is -2.29. The molecule has 1 amide bonds. The van der Waals surface area contributed by atoms with E-state index >= 15 is 0 Å². The topological polar surface area (TPSA) is 68.3 Å². The summed E-state index contributed by atoms with van der Waals surface area (Å²) in [4.78, 5) is 31.3. The number of amides is 1. The Balaban J connectivity index is 1.60. The van der Waals surface area contributed by atoms with Crippen LogP contribution in [0.1, 0.15) is 34.4 Å². The summed E-state index contributed by atoms with van der Waals surface area (Å²) >= 11 is 0. The fourth-order valence-corrected chi connectivity index (χ4v) is 3.53. The van der Waals surface area contributed by atoms with Gasteiger partial charge in [0.1, 0.15) is 11.4 Å². The van der Waals surface area contributed by atoms with Gasteiger partial charge >= 0.3 is 0 Å². The Labute approximate surface area is 144 Å². The molecule has 2 aromatic heterocycles. The summed E-state index contributed by atoms with van der Waals surface area (Å²) in [6, 6.07) is 8.26. The van der Waals surface area contributed by atoms with Gasteiger partial charge in [-0.1, -0.05) is 12.1 Å². The lowest BCUT2D eigenvalue weighted by molar-refractivity contribution is 0.0759. The van der Waals surface area contributed by atoms with Crippen molar-refractivity contribution in [1.82, 2.24) is 14.5 Å². The number of hydrogen-bond acceptors (Lipinski definition) is 4. The van der Waals surface area contributed by atoms with Crippen molar-refractivity contribution in [1.29, 1.82) is 0 Å². The molecule has 6 heteroatoms. The van der Waals surface area contributed by atoms with E-state index in [1.807, 2.05) is 24.7 Å². The quantitative estimate of drug-likeness (QED) is 0.720. The number of hydrogen-bond donors (Lipinski definition) is 0. The van der Waals surface area contributed by atoms with Crippen molar-refractivity contribution in [3.05, 3.63) is 64.0 Å². The number of aromatic nitrogens is 2. The minimum atomic E-state index is -0.240. The van der Waals surface area contributed by atoms with E-state index in [1.165, 1.54) is 6.07 Å². The van der Waals surface area contributed by atoms with Gasteiger partial charge in [-0.05, 0) is 25.5 Å². The molecule has 0 N–H and O–H groups in total. The molecule has 1 aliphatic heterocycles. The highest BCUT2D eigenvalue weighted by molar-refractivity contribution is 5.93. The maximum Gasteiger partial charge on any atom is 0.289 e. The fraction of sp³-hybridized carbons (Fsp3) is 0.316. The third kappa shape index (κ3) is 2.73. The van der Waals surface area contributed by atoms with E-state index < -0.39 is 0 Å². The standard InChI is InChI=1S/C19H19N3O3/c1-12-10-21(2)18(20-12)13-7-8-22(11-13)19(24)17-9-15(23)14-5-3-4-6-16(14)25-17/h3-6,9-10,13H,7-8,11H2,1-2H3. The Morgan fingerprint density at radius 3 is 2.88 bits per heavy atom. The van der Waals surface area contributed by atoms with Crippen molar-refractivity contribution in [2.75, 3.05) is 13.1 Å². The van der Waals surface area contributed by atoms with Gasteiger partial charge in [0.2, 0.25) is 0 Å². The van der Waals surface area contributed by atoms with Gasteiger partial charge in [-0.15, -0.1) is 0 Å². The van der Waals surface area contributed by atoms with Crippen LogP contribution in [0, 0.1) is 6.92 Å². The van der Waals surface area contributed by atoms with Crippen molar-refractivity contribution in [2.24, 2.45) is 7.05 Å². The molecule has 0 radical (unpaired) electrons. The predicted molar refractivity (Wildman–Crippen MR) is 93.7 cm³/mol. The van der Waals surface area contributed by atoms with Crippen LogP contribution in [-0.4, -0.2) is 33.4 Å². The molecule has 1 fully saturated rings. The SMILES string of the molecule is Cc1cn(C)c(C2CCN(C(=O)c3cc(=O)c4ccccc4o3)C2)n1. The number of nitrogens with zero attached hydrogens (tertiary/aromatic N) is 3. The summed E-state index contributed by atoms with van der Waals surface area (Å²) in [5, 5.41) is 0.488. The Kier molecular flexibility index (Phi) is 3.67. The molecule has 0 spiro atoms. The lowest BCUT2D eigenvalue weighted by atomic mass is 10.1. The number of carbonyl (C=O) groups is 1. The van der Waals surface area contributed by atoms with Crippen LogP contribution in [0.2, 0.25) is 0 Å². The van der Waals surface area contributed by atoms with E-state index in [0.717, 1.165) is 17.9 Å². The van der Waals surface area contributed by atoms with Gasteiger partial charge in [-0.2, -0.15) is 0 Å².